The maximum Gasteiger partial charge on any atom is 0.387 e. The highest BCUT2D eigenvalue weighted by Crippen LogP contribution is 2.36. The molecule has 2 N–H and O–H groups in total. The molecule has 1 unspecified atom stereocenters. The largest absolute Gasteiger partial charge is 0.435 e. The van der Waals surface area contributed by atoms with Crippen molar-refractivity contribution in [3.8, 4) is 5.75 Å². The van der Waals surface area contributed by atoms with E-state index in [1.54, 1.807) is 24.3 Å². The van der Waals surface area contributed by atoms with Crippen molar-refractivity contribution in [3.63, 3.8) is 0 Å². The molecule has 2 rings (SSSR count). The van der Waals surface area contributed by atoms with E-state index in [2.05, 4.69) is 4.74 Å². The van der Waals surface area contributed by atoms with Crippen molar-refractivity contribution in [2.24, 2.45) is 11.7 Å². The maximum absolute atomic E-state index is 11.9. The van der Waals surface area contributed by atoms with Gasteiger partial charge in [0.1, 0.15) is 5.75 Å². The van der Waals surface area contributed by atoms with Gasteiger partial charge in [-0.15, -0.1) is 0 Å². The van der Waals surface area contributed by atoms with Gasteiger partial charge in [0.05, 0.1) is 0 Å². The summed E-state index contributed by atoms with van der Waals surface area (Å²) in [7, 11) is 0. The summed E-state index contributed by atoms with van der Waals surface area (Å²) < 4.78 is 28.1. The molecule has 1 saturated carbocycles. The number of ether oxygens (including phenoxy) is 1. The molecule has 0 heterocycles. The van der Waals surface area contributed by atoms with Crippen molar-refractivity contribution >= 4 is 0 Å². The number of rotatable bonds is 4. The summed E-state index contributed by atoms with van der Waals surface area (Å²) in [5, 5.41) is 0. The van der Waals surface area contributed by atoms with Gasteiger partial charge in [0.2, 0.25) is 0 Å². The van der Waals surface area contributed by atoms with Crippen LogP contribution in [0.5, 0.6) is 5.75 Å². The lowest BCUT2D eigenvalue weighted by atomic mass is 9.78. The summed E-state index contributed by atoms with van der Waals surface area (Å²) in [6, 6.07) is 6.64. The number of alkyl halides is 2. The molecule has 16 heavy (non-hydrogen) atoms. The van der Waals surface area contributed by atoms with Gasteiger partial charge >= 0.3 is 6.61 Å². The van der Waals surface area contributed by atoms with E-state index in [0.29, 0.717) is 5.92 Å². The van der Waals surface area contributed by atoms with E-state index in [9.17, 15) is 8.78 Å². The Morgan fingerprint density at radius 1 is 1.19 bits per heavy atom. The second kappa shape index (κ2) is 4.78. The fourth-order valence-corrected chi connectivity index (χ4v) is 1.94. The van der Waals surface area contributed by atoms with Crippen molar-refractivity contribution in [2.75, 3.05) is 0 Å². The highest BCUT2D eigenvalue weighted by atomic mass is 19.3. The van der Waals surface area contributed by atoms with E-state index in [1.165, 1.54) is 6.42 Å². The normalized spacial score (nSPS) is 18.2. The first-order chi connectivity index (χ1) is 7.66. The van der Waals surface area contributed by atoms with Crippen molar-refractivity contribution < 1.29 is 13.5 Å². The molecule has 0 spiro atoms. The minimum Gasteiger partial charge on any atom is -0.435 e. The Morgan fingerprint density at radius 2 is 1.81 bits per heavy atom. The lowest BCUT2D eigenvalue weighted by Gasteiger charge is -2.31. The minimum atomic E-state index is -2.77. The van der Waals surface area contributed by atoms with Crippen LogP contribution < -0.4 is 10.5 Å². The Morgan fingerprint density at radius 3 is 2.25 bits per heavy atom. The molecular weight excluding hydrogens is 212 g/mol. The average molecular weight is 227 g/mol. The standard InChI is InChI=1S/C12H15F2NO/c13-12(14)16-10-6-4-9(5-7-10)11(15)8-2-1-3-8/h4-8,11-12H,1-3,15H2. The second-order valence-corrected chi connectivity index (χ2v) is 4.16. The molecule has 1 aromatic carbocycles. The zero-order valence-corrected chi connectivity index (χ0v) is 8.90. The van der Waals surface area contributed by atoms with Crippen molar-refractivity contribution in [2.45, 2.75) is 31.9 Å². The smallest absolute Gasteiger partial charge is 0.387 e. The van der Waals surface area contributed by atoms with Gasteiger partial charge in [-0.1, -0.05) is 18.6 Å². The molecule has 0 amide bonds. The van der Waals surface area contributed by atoms with Gasteiger partial charge in [-0.25, -0.2) is 0 Å². The predicted molar refractivity (Wildman–Crippen MR) is 57.3 cm³/mol. The second-order valence-electron chi connectivity index (χ2n) is 4.16. The van der Waals surface area contributed by atoms with Crippen LogP contribution in [0.4, 0.5) is 8.78 Å². The number of benzene rings is 1. The lowest BCUT2D eigenvalue weighted by molar-refractivity contribution is -0.0498. The third kappa shape index (κ3) is 2.50. The highest BCUT2D eigenvalue weighted by Gasteiger charge is 2.25. The zero-order valence-electron chi connectivity index (χ0n) is 8.90. The first kappa shape index (κ1) is 11.3. The van der Waals surface area contributed by atoms with Crippen LogP contribution in [0.1, 0.15) is 30.9 Å². The number of hydrogen-bond acceptors (Lipinski definition) is 2. The maximum atomic E-state index is 11.9. The summed E-state index contributed by atoms with van der Waals surface area (Å²) in [5.74, 6) is 0.724. The molecule has 0 aliphatic heterocycles. The van der Waals surface area contributed by atoms with Gasteiger partial charge in [0, 0.05) is 6.04 Å². The SMILES string of the molecule is NC(c1ccc(OC(F)F)cc1)C1CCC1. The first-order valence-corrected chi connectivity index (χ1v) is 5.47. The van der Waals surface area contributed by atoms with Crippen LogP contribution in [0.15, 0.2) is 24.3 Å². The van der Waals surface area contributed by atoms with E-state index >= 15 is 0 Å². The van der Waals surface area contributed by atoms with Crippen molar-refractivity contribution in [1.82, 2.24) is 0 Å². The molecule has 1 aromatic rings. The summed E-state index contributed by atoms with van der Waals surface area (Å²) in [6.07, 6.45) is 3.57. The Bertz CT molecular complexity index is 335. The average Bonchev–Trinajstić information content (AvgIpc) is 2.15. The Kier molecular flexibility index (Phi) is 3.39. The van der Waals surface area contributed by atoms with Crippen LogP contribution in [-0.4, -0.2) is 6.61 Å². The fraction of sp³-hybridized carbons (Fsp3) is 0.500. The van der Waals surface area contributed by atoms with Gasteiger partial charge in [-0.05, 0) is 36.5 Å². The Balaban J connectivity index is 2.00. The van der Waals surface area contributed by atoms with Gasteiger partial charge < -0.3 is 10.5 Å². The molecular formula is C12H15F2NO. The van der Waals surface area contributed by atoms with Gasteiger partial charge in [0.25, 0.3) is 0 Å². The number of nitrogens with two attached hydrogens (primary N) is 1. The van der Waals surface area contributed by atoms with Gasteiger partial charge in [-0.3, -0.25) is 0 Å². The first-order valence-electron chi connectivity index (χ1n) is 5.47. The molecule has 1 aliphatic carbocycles. The van der Waals surface area contributed by atoms with Crippen LogP contribution in [0.25, 0.3) is 0 Å². The predicted octanol–water partition coefficient (Wildman–Crippen LogP) is 3.09. The molecule has 0 bridgehead atoms. The Labute approximate surface area is 93.4 Å². The van der Waals surface area contributed by atoms with Crippen molar-refractivity contribution in [1.29, 1.82) is 0 Å². The monoisotopic (exact) mass is 227 g/mol. The quantitative estimate of drug-likeness (QED) is 0.857. The molecule has 0 radical (unpaired) electrons. The van der Waals surface area contributed by atoms with E-state index in [-0.39, 0.29) is 11.8 Å². The molecule has 1 aliphatic rings. The molecule has 0 saturated heterocycles. The topological polar surface area (TPSA) is 35.2 Å². The van der Waals surface area contributed by atoms with E-state index in [1.807, 2.05) is 0 Å². The van der Waals surface area contributed by atoms with Gasteiger partial charge in [0.15, 0.2) is 0 Å². The lowest BCUT2D eigenvalue weighted by Crippen LogP contribution is -2.26. The van der Waals surface area contributed by atoms with Crippen LogP contribution in [0, 0.1) is 5.92 Å². The summed E-state index contributed by atoms with van der Waals surface area (Å²) >= 11 is 0. The third-order valence-corrected chi connectivity index (χ3v) is 3.15. The van der Waals surface area contributed by atoms with E-state index < -0.39 is 6.61 Å². The molecule has 1 atom stereocenters. The van der Waals surface area contributed by atoms with Crippen LogP contribution in [-0.2, 0) is 0 Å². The summed E-state index contributed by atoms with van der Waals surface area (Å²) in [6.45, 7) is -2.77. The molecule has 2 nitrogen and oxygen atoms in total. The molecule has 4 heteroatoms. The summed E-state index contributed by atoms with van der Waals surface area (Å²) in [5.41, 5.74) is 7.05. The van der Waals surface area contributed by atoms with E-state index in [0.717, 1.165) is 18.4 Å². The Hall–Kier alpha value is -1.16. The molecule has 1 fully saturated rings. The third-order valence-electron chi connectivity index (χ3n) is 3.15. The van der Waals surface area contributed by atoms with Crippen LogP contribution >= 0.6 is 0 Å². The van der Waals surface area contributed by atoms with E-state index in [4.69, 9.17) is 5.73 Å². The van der Waals surface area contributed by atoms with Crippen LogP contribution in [0.2, 0.25) is 0 Å². The number of halogens is 2. The fourth-order valence-electron chi connectivity index (χ4n) is 1.94. The summed E-state index contributed by atoms with van der Waals surface area (Å²) in [4.78, 5) is 0. The van der Waals surface area contributed by atoms with Gasteiger partial charge in [-0.2, -0.15) is 8.78 Å². The zero-order chi connectivity index (χ0) is 11.5. The highest BCUT2D eigenvalue weighted by molar-refractivity contribution is 5.29. The molecule has 88 valence electrons. The minimum absolute atomic E-state index is 0.0225. The number of hydrogen-bond donors (Lipinski definition) is 1. The molecule has 0 aromatic heterocycles. The van der Waals surface area contributed by atoms with Crippen LogP contribution in [0.3, 0.4) is 0 Å². The van der Waals surface area contributed by atoms with Crippen molar-refractivity contribution in [3.05, 3.63) is 29.8 Å².